The zero-order chi connectivity index (χ0) is 20.0. The van der Waals surface area contributed by atoms with Gasteiger partial charge in [0.2, 0.25) is 10.9 Å². The van der Waals surface area contributed by atoms with Crippen molar-refractivity contribution in [1.82, 2.24) is 0 Å². The molecule has 3 aromatic rings. The summed E-state index contributed by atoms with van der Waals surface area (Å²) in [6, 6.07) is 11.9. The van der Waals surface area contributed by atoms with Crippen LogP contribution in [0.4, 0.5) is 11.4 Å². The van der Waals surface area contributed by atoms with Crippen LogP contribution in [0, 0.1) is 20.8 Å². The maximum atomic E-state index is 12.4. The molecular formula is C23H23ClN2O2. The van der Waals surface area contributed by atoms with Gasteiger partial charge in [-0.15, -0.1) is 0 Å². The predicted octanol–water partition coefficient (Wildman–Crippen LogP) is 3.85. The molecule has 3 aromatic carbocycles. The van der Waals surface area contributed by atoms with E-state index < -0.39 is 0 Å². The lowest BCUT2D eigenvalue weighted by Gasteiger charge is -2.38. The Balaban J connectivity index is 1.61. The molecule has 1 aliphatic heterocycles. The quantitative estimate of drug-likeness (QED) is 0.632. The Hall–Kier alpha value is -2.59. The highest BCUT2D eigenvalue weighted by Gasteiger charge is 2.30. The van der Waals surface area contributed by atoms with E-state index in [1.165, 1.54) is 5.56 Å². The van der Waals surface area contributed by atoms with Crippen molar-refractivity contribution in [3.63, 3.8) is 0 Å². The van der Waals surface area contributed by atoms with Crippen molar-refractivity contribution in [2.24, 2.45) is 0 Å². The van der Waals surface area contributed by atoms with Crippen molar-refractivity contribution in [3.8, 4) is 11.1 Å². The van der Waals surface area contributed by atoms with Gasteiger partial charge in [-0.25, -0.2) is 0 Å². The van der Waals surface area contributed by atoms with Crippen molar-refractivity contribution >= 4 is 23.0 Å². The molecule has 1 heterocycles. The van der Waals surface area contributed by atoms with E-state index in [4.69, 9.17) is 11.6 Å². The van der Waals surface area contributed by atoms with Crippen LogP contribution in [0.15, 0.2) is 46.0 Å². The van der Waals surface area contributed by atoms with Crippen LogP contribution in [-0.2, 0) is 0 Å². The molecule has 0 atom stereocenters. The molecule has 0 spiro atoms. The summed E-state index contributed by atoms with van der Waals surface area (Å²) in [5.41, 5.74) is 5.78. The number of hydrogen-bond donors (Lipinski definition) is 0. The van der Waals surface area contributed by atoms with Crippen LogP contribution in [0.25, 0.3) is 11.1 Å². The third kappa shape index (κ3) is 3.12. The molecule has 0 radical (unpaired) electrons. The Kier molecular flexibility index (Phi) is 4.76. The number of hydrogen-bond acceptors (Lipinski definition) is 4. The van der Waals surface area contributed by atoms with Crippen LogP contribution < -0.4 is 20.7 Å². The first-order valence-electron chi connectivity index (χ1n) is 9.54. The van der Waals surface area contributed by atoms with Crippen LogP contribution in [0.5, 0.6) is 0 Å². The minimum Gasteiger partial charge on any atom is -0.368 e. The molecule has 28 heavy (non-hydrogen) atoms. The second-order valence-electron chi connectivity index (χ2n) is 7.59. The van der Waals surface area contributed by atoms with Gasteiger partial charge in [0.1, 0.15) is 5.69 Å². The van der Waals surface area contributed by atoms with E-state index in [0.29, 0.717) is 24.3 Å². The topological polar surface area (TPSA) is 40.6 Å². The number of halogens is 1. The van der Waals surface area contributed by atoms with Crippen LogP contribution in [0.3, 0.4) is 0 Å². The minimum absolute atomic E-state index is 0.358. The molecule has 1 aliphatic rings. The molecule has 4 rings (SSSR count). The fraction of sp³-hybridized carbons (Fsp3) is 0.304. The maximum absolute atomic E-state index is 12.4. The predicted molar refractivity (Wildman–Crippen MR) is 117 cm³/mol. The Morgan fingerprint density at radius 1 is 0.786 bits per heavy atom. The number of rotatable bonds is 3. The van der Waals surface area contributed by atoms with Crippen molar-refractivity contribution in [1.29, 1.82) is 0 Å². The zero-order valence-electron chi connectivity index (χ0n) is 16.4. The molecule has 0 unspecified atom stereocenters. The van der Waals surface area contributed by atoms with Gasteiger partial charge in [0, 0.05) is 36.9 Å². The Bertz CT molecular complexity index is 1120. The van der Waals surface area contributed by atoms with Gasteiger partial charge in [-0.2, -0.15) is 0 Å². The van der Waals surface area contributed by atoms with Crippen LogP contribution in [0.2, 0.25) is 5.02 Å². The Morgan fingerprint density at radius 3 is 2.11 bits per heavy atom. The van der Waals surface area contributed by atoms with Crippen molar-refractivity contribution in [3.05, 3.63) is 78.6 Å². The molecule has 5 heteroatoms. The summed E-state index contributed by atoms with van der Waals surface area (Å²) < 4.78 is 0. The molecular weight excluding hydrogens is 372 g/mol. The maximum Gasteiger partial charge on any atom is 0.250 e. The first-order chi connectivity index (χ1) is 13.4. The SMILES string of the molecule is Cc1cc(C)c(-c2c(N3CCN(c4cccc(Cl)c4)CC3)c(=O)c2=O)cc1C. The summed E-state index contributed by atoms with van der Waals surface area (Å²) in [4.78, 5) is 29.2. The molecule has 0 bridgehead atoms. The third-order valence-corrected chi connectivity index (χ3v) is 6.00. The van der Waals surface area contributed by atoms with Crippen LogP contribution >= 0.6 is 11.6 Å². The highest BCUT2D eigenvalue weighted by atomic mass is 35.5. The van der Waals surface area contributed by atoms with Crippen molar-refractivity contribution in [2.45, 2.75) is 20.8 Å². The second kappa shape index (κ2) is 7.10. The standard InChI is InChI=1S/C23H23ClN2O2/c1-14-11-16(3)19(12-15(14)2)20-21(23(28)22(20)27)26-9-7-25(8-10-26)18-6-4-5-17(24)13-18/h4-6,11-13H,7-10H2,1-3H3. The minimum atomic E-state index is -0.362. The van der Waals surface area contributed by atoms with E-state index in [1.807, 2.05) is 44.2 Å². The number of aryl methyl sites for hydroxylation is 3. The van der Waals surface area contributed by atoms with Gasteiger partial charge in [0.05, 0.1) is 5.56 Å². The van der Waals surface area contributed by atoms with Crippen LogP contribution in [-0.4, -0.2) is 26.2 Å². The number of piperazine rings is 1. The lowest BCUT2D eigenvalue weighted by atomic mass is 9.91. The zero-order valence-corrected chi connectivity index (χ0v) is 17.1. The van der Waals surface area contributed by atoms with Crippen LogP contribution in [0.1, 0.15) is 16.7 Å². The summed E-state index contributed by atoms with van der Waals surface area (Å²) in [5.74, 6) is 0. The largest absolute Gasteiger partial charge is 0.368 e. The van der Waals surface area contributed by atoms with Crippen molar-refractivity contribution in [2.75, 3.05) is 36.0 Å². The monoisotopic (exact) mass is 394 g/mol. The molecule has 4 nitrogen and oxygen atoms in total. The highest BCUT2D eigenvalue weighted by Crippen LogP contribution is 2.32. The van der Waals surface area contributed by atoms with Crippen molar-refractivity contribution < 1.29 is 0 Å². The molecule has 0 aliphatic carbocycles. The lowest BCUT2D eigenvalue weighted by Crippen LogP contribution is -2.51. The molecule has 1 saturated heterocycles. The van der Waals surface area contributed by atoms with Gasteiger partial charge in [-0.1, -0.05) is 29.8 Å². The fourth-order valence-corrected chi connectivity index (χ4v) is 4.21. The summed E-state index contributed by atoms with van der Waals surface area (Å²) >= 11 is 6.11. The van der Waals surface area contributed by atoms with E-state index in [1.54, 1.807) is 0 Å². The smallest absolute Gasteiger partial charge is 0.250 e. The van der Waals surface area contributed by atoms with Gasteiger partial charge in [0.15, 0.2) is 0 Å². The second-order valence-corrected chi connectivity index (χ2v) is 8.02. The Morgan fingerprint density at radius 2 is 1.43 bits per heavy atom. The molecule has 144 valence electrons. The Labute approximate surface area is 169 Å². The van der Waals surface area contributed by atoms with Gasteiger partial charge in [0.25, 0.3) is 0 Å². The summed E-state index contributed by atoms with van der Waals surface area (Å²) in [5, 5.41) is 0.718. The third-order valence-electron chi connectivity index (χ3n) is 5.76. The first kappa shape index (κ1) is 18.8. The molecule has 0 aromatic heterocycles. The van der Waals surface area contributed by atoms with Gasteiger partial charge in [-0.05, 0) is 61.2 Å². The average Bonchev–Trinajstić information content (AvgIpc) is 2.69. The first-order valence-corrected chi connectivity index (χ1v) is 9.91. The normalized spacial score (nSPS) is 14.7. The number of anilines is 2. The van der Waals surface area contributed by atoms with E-state index in [-0.39, 0.29) is 10.9 Å². The van der Waals surface area contributed by atoms with Gasteiger partial charge >= 0.3 is 0 Å². The van der Waals surface area contributed by atoms with Gasteiger partial charge in [-0.3, -0.25) is 9.59 Å². The van der Waals surface area contributed by atoms with E-state index >= 15 is 0 Å². The highest BCUT2D eigenvalue weighted by molar-refractivity contribution is 6.30. The van der Waals surface area contributed by atoms with E-state index in [9.17, 15) is 9.59 Å². The average molecular weight is 395 g/mol. The molecule has 0 saturated carbocycles. The van der Waals surface area contributed by atoms with E-state index in [0.717, 1.165) is 40.5 Å². The molecule has 0 N–H and O–H groups in total. The molecule has 0 amide bonds. The summed E-state index contributed by atoms with van der Waals surface area (Å²) in [7, 11) is 0. The summed E-state index contributed by atoms with van der Waals surface area (Å²) in [6.07, 6.45) is 0. The van der Waals surface area contributed by atoms with E-state index in [2.05, 4.69) is 22.8 Å². The lowest BCUT2D eigenvalue weighted by molar-refractivity contribution is 0.651. The van der Waals surface area contributed by atoms with Gasteiger partial charge < -0.3 is 9.80 Å². The molecule has 1 fully saturated rings. The number of nitrogens with zero attached hydrogens (tertiary/aromatic N) is 2. The summed E-state index contributed by atoms with van der Waals surface area (Å²) in [6.45, 7) is 9.06. The number of benzene rings is 2. The fourth-order valence-electron chi connectivity index (χ4n) is 4.02.